The van der Waals surface area contributed by atoms with Gasteiger partial charge in [-0.25, -0.2) is 13.1 Å². The molecule has 1 aromatic carbocycles. The molecule has 0 fully saturated rings. The molecule has 1 aromatic rings. The fourth-order valence-electron chi connectivity index (χ4n) is 2.18. The molecule has 0 saturated carbocycles. The molecule has 0 heterocycles. The zero-order valence-electron chi connectivity index (χ0n) is 15.5. The third-order valence-electron chi connectivity index (χ3n) is 3.59. The Morgan fingerprint density at radius 2 is 1.96 bits per heavy atom. The van der Waals surface area contributed by atoms with E-state index in [9.17, 15) is 8.42 Å². The molecule has 0 atom stereocenters. The molecular weight excluding hydrogens is 344 g/mol. The average molecular weight is 372 g/mol. The van der Waals surface area contributed by atoms with Gasteiger partial charge in [-0.3, -0.25) is 4.99 Å². The number of aliphatic imine (C=N–C) groups is 1. The number of rotatable bonds is 9. The highest BCUT2D eigenvalue weighted by atomic mass is 32.2. The summed E-state index contributed by atoms with van der Waals surface area (Å²) < 4.78 is 35.9. The minimum absolute atomic E-state index is 0.0683. The van der Waals surface area contributed by atoms with Gasteiger partial charge in [0.15, 0.2) is 5.96 Å². The molecule has 25 heavy (non-hydrogen) atoms. The first-order chi connectivity index (χ1) is 11.9. The maximum absolute atomic E-state index is 11.4. The lowest BCUT2D eigenvalue weighted by molar-refractivity contribution is 0.382. The highest BCUT2D eigenvalue weighted by molar-refractivity contribution is 7.89. The number of benzene rings is 1. The molecule has 0 amide bonds. The SMILES string of the molecule is CCS(=O)(=O)NCCNC(=NC)N(C)Cc1ccc(OC)cc1OC. The van der Waals surface area contributed by atoms with Gasteiger partial charge in [0.05, 0.1) is 20.0 Å². The second-order valence-electron chi connectivity index (χ2n) is 5.31. The molecule has 8 nitrogen and oxygen atoms in total. The lowest BCUT2D eigenvalue weighted by atomic mass is 10.2. The Bertz CT molecular complexity index is 677. The quantitative estimate of drug-likeness (QED) is 0.376. The average Bonchev–Trinajstić information content (AvgIpc) is 2.61. The van der Waals surface area contributed by atoms with Crippen molar-refractivity contribution in [2.75, 3.05) is 47.2 Å². The van der Waals surface area contributed by atoms with Crippen LogP contribution >= 0.6 is 0 Å². The van der Waals surface area contributed by atoms with Gasteiger partial charge in [-0.15, -0.1) is 0 Å². The molecule has 142 valence electrons. The second-order valence-corrected chi connectivity index (χ2v) is 7.40. The van der Waals surface area contributed by atoms with Crippen molar-refractivity contribution in [2.24, 2.45) is 4.99 Å². The van der Waals surface area contributed by atoms with Crippen molar-refractivity contribution >= 4 is 16.0 Å². The van der Waals surface area contributed by atoms with E-state index >= 15 is 0 Å². The summed E-state index contributed by atoms with van der Waals surface area (Å²) in [5.41, 5.74) is 0.987. The maximum Gasteiger partial charge on any atom is 0.211 e. The summed E-state index contributed by atoms with van der Waals surface area (Å²) >= 11 is 0. The van der Waals surface area contributed by atoms with Crippen LogP contribution < -0.4 is 19.5 Å². The Morgan fingerprint density at radius 1 is 1.24 bits per heavy atom. The molecule has 9 heteroatoms. The normalized spacial score (nSPS) is 12.0. The molecule has 0 aliphatic rings. The van der Waals surface area contributed by atoms with Gasteiger partial charge in [-0.2, -0.15) is 0 Å². The predicted octanol–water partition coefficient (Wildman–Crippen LogP) is 0.650. The van der Waals surface area contributed by atoms with E-state index in [-0.39, 0.29) is 5.75 Å². The van der Waals surface area contributed by atoms with E-state index in [0.29, 0.717) is 25.6 Å². The van der Waals surface area contributed by atoms with Crippen LogP contribution in [0.15, 0.2) is 23.2 Å². The van der Waals surface area contributed by atoms with Gasteiger partial charge in [0, 0.05) is 45.4 Å². The number of nitrogens with one attached hydrogen (secondary N) is 2. The van der Waals surface area contributed by atoms with Crippen LogP contribution in [-0.2, 0) is 16.6 Å². The Hall–Kier alpha value is -2.00. The van der Waals surface area contributed by atoms with E-state index in [4.69, 9.17) is 9.47 Å². The maximum atomic E-state index is 11.4. The number of sulfonamides is 1. The molecule has 0 aliphatic carbocycles. The summed E-state index contributed by atoms with van der Waals surface area (Å²) in [6.45, 7) is 2.92. The van der Waals surface area contributed by atoms with Crippen molar-refractivity contribution < 1.29 is 17.9 Å². The van der Waals surface area contributed by atoms with E-state index in [1.54, 1.807) is 28.2 Å². The minimum Gasteiger partial charge on any atom is -0.497 e. The number of nitrogens with zero attached hydrogens (tertiary/aromatic N) is 2. The summed E-state index contributed by atoms with van der Waals surface area (Å²) in [6, 6.07) is 5.65. The number of guanidine groups is 1. The molecule has 0 spiro atoms. The summed E-state index contributed by atoms with van der Waals surface area (Å²) in [5, 5.41) is 3.13. The first-order valence-electron chi connectivity index (χ1n) is 7.96. The summed E-state index contributed by atoms with van der Waals surface area (Å²) in [6.07, 6.45) is 0. The lowest BCUT2D eigenvalue weighted by Crippen LogP contribution is -2.42. The van der Waals surface area contributed by atoms with Crippen molar-refractivity contribution in [3.63, 3.8) is 0 Å². The van der Waals surface area contributed by atoms with Gasteiger partial charge in [-0.05, 0) is 19.1 Å². The molecule has 0 unspecified atom stereocenters. The topological polar surface area (TPSA) is 92.3 Å². The molecule has 0 saturated heterocycles. The Balaban J connectivity index is 2.63. The molecular formula is C16H28N4O4S. The van der Waals surface area contributed by atoms with Gasteiger partial charge in [0.25, 0.3) is 0 Å². The highest BCUT2D eigenvalue weighted by Gasteiger charge is 2.11. The van der Waals surface area contributed by atoms with E-state index in [0.717, 1.165) is 17.1 Å². The van der Waals surface area contributed by atoms with Crippen LogP contribution in [0.5, 0.6) is 11.5 Å². The van der Waals surface area contributed by atoms with Crippen molar-refractivity contribution in [3.8, 4) is 11.5 Å². The summed E-state index contributed by atoms with van der Waals surface area (Å²) in [4.78, 5) is 6.15. The minimum atomic E-state index is -3.18. The van der Waals surface area contributed by atoms with Crippen LogP contribution in [0.2, 0.25) is 0 Å². The summed E-state index contributed by atoms with van der Waals surface area (Å²) in [5.74, 6) is 2.19. The molecule has 1 rings (SSSR count). The zero-order chi connectivity index (χ0) is 18.9. The number of hydrogen-bond donors (Lipinski definition) is 2. The third-order valence-corrected chi connectivity index (χ3v) is 4.99. The fraction of sp³-hybridized carbons (Fsp3) is 0.562. The number of methoxy groups -OCH3 is 2. The van der Waals surface area contributed by atoms with Gasteiger partial charge in [-0.1, -0.05) is 0 Å². The second kappa shape index (κ2) is 10.1. The predicted molar refractivity (Wildman–Crippen MR) is 99.8 cm³/mol. The number of hydrogen-bond acceptors (Lipinski definition) is 5. The van der Waals surface area contributed by atoms with Gasteiger partial charge in [0.2, 0.25) is 10.0 Å². The smallest absolute Gasteiger partial charge is 0.211 e. The van der Waals surface area contributed by atoms with Gasteiger partial charge >= 0.3 is 0 Å². The van der Waals surface area contributed by atoms with E-state index < -0.39 is 10.0 Å². The largest absolute Gasteiger partial charge is 0.497 e. The summed E-state index contributed by atoms with van der Waals surface area (Å²) in [7, 11) is 3.62. The van der Waals surface area contributed by atoms with Crippen molar-refractivity contribution in [1.82, 2.24) is 14.9 Å². The standard InChI is InChI=1S/C16H28N4O4S/c1-6-25(21,22)19-10-9-18-16(17-2)20(3)12-13-7-8-14(23-4)11-15(13)24-5/h7-8,11,19H,6,9-10,12H2,1-5H3,(H,17,18). The Kier molecular flexibility index (Phi) is 8.50. The van der Waals surface area contributed by atoms with Crippen LogP contribution in [0.25, 0.3) is 0 Å². The van der Waals surface area contributed by atoms with Crippen LogP contribution in [-0.4, -0.2) is 66.4 Å². The van der Waals surface area contributed by atoms with Crippen LogP contribution in [0, 0.1) is 0 Å². The molecule has 0 bridgehead atoms. The highest BCUT2D eigenvalue weighted by Crippen LogP contribution is 2.25. The monoisotopic (exact) mass is 372 g/mol. The fourth-order valence-corrected chi connectivity index (χ4v) is 2.80. The van der Waals surface area contributed by atoms with E-state index in [1.807, 2.05) is 30.1 Å². The van der Waals surface area contributed by atoms with Crippen molar-refractivity contribution in [3.05, 3.63) is 23.8 Å². The van der Waals surface area contributed by atoms with Crippen molar-refractivity contribution in [2.45, 2.75) is 13.5 Å². The Morgan fingerprint density at radius 3 is 2.52 bits per heavy atom. The molecule has 0 aromatic heterocycles. The van der Waals surface area contributed by atoms with Crippen LogP contribution in [0.3, 0.4) is 0 Å². The lowest BCUT2D eigenvalue weighted by Gasteiger charge is -2.23. The van der Waals surface area contributed by atoms with Crippen molar-refractivity contribution in [1.29, 1.82) is 0 Å². The first-order valence-corrected chi connectivity index (χ1v) is 9.62. The van der Waals surface area contributed by atoms with Gasteiger partial charge in [0.1, 0.15) is 11.5 Å². The molecule has 0 radical (unpaired) electrons. The van der Waals surface area contributed by atoms with Gasteiger partial charge < -0.3 is 19.7 Å². The molecule has 0 aliphatic heterocycles. The first kappa shape index (κ1) is 21.0. The number of ether oxygens (including phenoxy) is 2. The Labute approximate surface area is 150 Å². The third kappa shape index (κ3) is 6.79. The zero-order valence-corrected chi connectivity index (χ0v) is 16.3. The van der Waals surface area contributed by atoms with E-state index in [1.165, 1.54) is 0 Å². The van der Waals surface area contributed by atoms with Crippen LogP contribution in [0.4, 0.5) is 0 Å². The van der Waals surface area contributed by atoms with Crippen LogP contribution in [0.1, 0.15) is 12.5 Å². The van der Waals surface area contributed by atoms with E-state index in [2.05, 4.69) is 15.0 Å². The molecule has 2 N–H and O–H groups in total.